The molecule has 31 heavy (non-hydrogen) atoms. The Morgan fingerprint density at radius 3 is 2.58 bits per heavy atom. The molecular weight excluding hydrogens is 411 g/mol. The largest absolute Gasteiger partial charge is 0.381 e. The summed E-state index contributed by atoms with van der Waals surface area (Å²) in [4.78, 5) is 4.47. The van der Waals surface area contributed by atoms with Gasteiger partial charge in [0.15, 0.2) is 0 Å². The molecule has 0 radical (unpaired) electrons. The topological polar surface area (TPSA) is 63.0 Å². The van der Waals surface area contributed by atoms with E-state index in [9.17, 15) is 4.39 Å². The third-order valence-electron chi connectivity index (χ3n) is 5.37. The van der Waals surface area contributed by atoms with E-state index in [1.54, 1.807) is 18.3 Å². The number of nitrogens with zero attached hydrogens (tertiary/aromatic N) is 1. The van der Waals surface area contributed by atoms with Gasteiger partial charge in [0.1, 0.15) is 11.6 Å². The number of halogens is 2. The molecule has 6 heteroatoms. The van der Waals surface area contributed by atoms with Gasteiger partial charge in [0.25, 0.3) is 0 Å². The molecule has 1 heterocycles. The third kappa shape index (κ3) is 6.68. The summed E-state index contributed by atoms with van der Waals surface area (Å²) in [5, 5.41) is 7.55. The van der Waals surface area contributed by atoms with E-state index in [1.807, 2.05) is 30.3 Å². The van der Waals surface area contributed by atoms with Gasteiger partial charge in [-0.15, -0.1) is 0 Å². The first kappa shape index (κ1) is 23.0. The molecule has 1 aromatic heterocycles. The van der Waals surface area contributed by atoms with Crippen LogP contribution >= 0.6 is 11.6 Å². The van der Waals surface area contributed by atoms with Gasteiger partial charge in [-0.25, -0.2) is 9.37 Å². The summed E-state index contributed by atoms with van der Waals surface area (Å²) in [6, 6.07) is 17.2. The quantitative estimate of drug-likeness (QED) is 0.411. The van der Waals surface area contributed by atoms with E-state index in [0.29, 0.717) is 17.6 Å². The van der Waals surface area contributed by atoms with Crippen LogP contribution in [0.3, 0.4) is 0 Å². The van der Waals surface area contributed by atoms with Crippen LogP contribution in [-0.2, 0) is 6.54 Å². The first-order valence-electron chi connectivity index (χ1n) is 10.8. The zero-order valence-electron chi connectivity index (χ0n) is 17.9. The minimum atomic E-state index is -0.223. The van der Waals surface area contributed by atoms with Crippen LogP contribution < -0.4 is 16.4 Å². The highest BCUT2D eigenvalue weighted by Gasteiger charge is 2.14. The molecule has 0 spiro atoms. The van der Waals surface area contributed by atoms with Gasteiger partial charge in [0.05, 0.1) is 5.02 Å². The van der Waals surface area contributed by atoms with Gasteiger partial charge in [-0.3, -0.25) is 0 Å². The predicted octanol–water partition coefficient (Wildman–Crippen LogP) is 6.47. The molecule has 4 rings (SSSR count). The number of pyridine rings is 1. The molecule has 1 fully saturated rings. The highest BCUT2D eigenvalue weighted by Crippen LogP contribution is 2.32. The predicted molar refractivity (Wildman–Crippen MR) is 129 cm³/mol. The van der Waals surface area contributed by atoms with Crippen molar-refractivity contribution in [3.63, 3.8) is 0 Å². The second kappa shape index (κ2) is 11.7. The van der Waals surface area contributed by atoms with Crippen LogP contribution in [0.2, 0.25) is 5.02 Å². The number of rotatable bonds is 6. The highest BCUT2D eigenvalue weighted by atomic mass is 35.5. The van der Waals surface area contributed by atoms with Crippen molar-refractivity contribution < 1.29 is 4.39 Å². The van der Waals surface area contributed by atoms with E-state index < -0.39 is 0 Å². The first-order valence-corrected chi connectivity index (χ1v) is 11.1. The van der Waals surface area contributed by atoms with Gasteiger partial charge < -0.3 is 16.4 Å². The third-order valence-corrected chi connectivity index (χ3v) is 5.67. The molecule has 0 aliphatic heterocycles. The van der Waals surface area contributed by atoms with Crippen LogP contribution in [0.1, 0.15) is 37.7 Å². The molecule has 0 saturated heterocycles. The Morgan fingerprint density at radius 2 is 1.81 bits per heavy atom. The maximum Gasteiger partial charge on any atom is 0.126 e. The Morgan fingerprint density at radius 1 is 1.03 bits per heavy atom. The number of hydrogen-bond acceptors (Lipinski definition) is 4. The standard InChI is InChI=1S/C24H25ClFN3.CH5N/c25-23-16-28-24(29-20-9-2-1-3-10-20)14-22(23)18-7-5-11-21(13-18)27-15-17-6-4-8-19(26)12-17;1-2/h4-8,11-14,16,20,27H,1-3,9-10,15H2,(H,28,29);2H2,1H3. The second-order valence-electron chi connectivity index (χ2n) is 7.59. The number of nitrogens with one attached hydrogen (secondary N) is 2. The van der Waals surface area contributed by atoms with Crippen LogP contribution in [-0.4, -0.2) is 18.1 Å². The van der Waals surface area contributed by atoms with E-state index >= 15 is 0 Å². The molecule has 3 aromatic rings. The van der Waals surface area contributed by atoms with E-state index in [1.165, 1.54) is 45.2 Å². The lowest BCUT2D eigenvalue weighted by molar-refractivity contribution is 0.462. The molecule has 1 aliphatic carbocycles. The average Bonchev–Trinajstić information content (AvgIpc) is 2.81. The molecule has 4 N–H and O–H groups in total. The smallest absolute Gasteiger partial charge is 0.126 e. The lowest BCUT2D eigenvalue weighted by atomic mass is 9.95. The van der Waals surface area contributed by atoms with Crippen molar-refractivity contribution in [3.05, 3.63) is 77.2 Å². The number of anilines is 2. The molecule has 1 saturated carbocycles. The summed E-state index contributed by atoms with van der Waals surface area (Å²) in [7, 11) is 1.50. The van der Waals surface area contributed by atoms with E-state index in [0.717, 1.165) is 28.2 Å². The fourth-order valence-electron chi connectivity index (χ4n) is 3.84. The van der Waals surface area contributed by atoms with Gasteiger partial charge in [-0.05, 0) is 61.3 Å². The summed E-state index contributed by atoms with van der Waals surface area (Å²) < 4.78 is 13.4. The maximum absolute atomic E-state index is 13.4. The van der Waals surface area contributed by atoms with Gasteiger partial charge in [-0.1, -0.05) is 55.1 Å². The van der Waals surface area contributed by atoms with Gasteiger partial charge >= 0.3 is 0 Å². The summed E-state index contributed by atoms with van der Waals surface area (Å²) >= 11 is 6.46. The maximum atomic E-state index is 13.4. The Hall–Kier alpha value is -2.63. The Kier molecular flexibility index (Phi) is 8.68. The van der Waals surface area contributed by atoms with Crippen LogP contribution in [0.4, 0.5) is 15.9 Å². The van der Waals surface area contributed by atoms with Crippen molar-refractivity contribution in [1.82, 2.24) is 4.98 Å². The van der Waals surface area contributed by atoms with Gasteiger partial charge in [0.2, 0.25) is 0 Å². The van der Waals surface area contributed by atoms with Crippen molar-refractivity contribution in [2.45, 2.75) is 44.7 Å². The van der Waals surface area contributed by atoms with E-state index in [2.05, 4.69) is 27.4 Å². The molecule has 0 unspecified atom stereocenters. The molecule has 4 nitrogen and oxygen atoms in total. The van der Waals surface area contributed by atoms with Crippen LogP contribution in [0.15, 0.2) is 60.8 Å². The number of hydrogen-bond donors (Lipinski definition) is 3. The lowest BCUT2D eigenvalue weighted by Gasteiger charge is -2.23. The minimum Gasteiger partial charge on any atom is -0.381 e. The molecule has 0 atom stereocenters. The van der Waals surface area contributed by atoms with E-state index in [4.69, 9.17) is 11.6 Å². The van der Waals surface area contributed by atoms with Crippen LogP contribution in [0, 0.1) is 5.82 Å². The minimum absolute atomic E-state index is 0.223. The summed E-state index contributed by atoms with van der Waals surface area (Å²) in [6.45, 7) is 0.555. The van der Waals surface area contributed by atoms with Gasteiger partial charge in [-0.2, -0.15) is 0 Å². The van der Waals surface area contributed by atoms with E-state index in [-0.39, 0.29) is 5.82 Å². The monoisotopic (exact) mass is 440 g/mol. The number of benzene rings is 2. The lowest BCUT2D eigenvalue weighted by Crippen LogP contribution is -2.22. The Bertz CT molecular complexity index is 973. The summed E-state index contributed by atoms with van der Waals surface area (Å²) in [5.41, 5.74) is 8.33. The number of aromatic nitrogens is 1. The second-order valence-corrected chi connectivity index (χ2v) is 8.00. The fraction of sp³-hybridized carbons (Fsp3) is 0.320. The molecule has 0 amide bonds. The van der Waals surface area contributed by atoms with Crippen LogP contribution in [0.25, 0.3) is 11.1 Å². The molecule has 164 valence electrons. The number of nitrogens with two attached hydrogens (primary N) is 1. The zero-order chi connectivity index (χ0) is 22.1. The Labute approximate surface area is 189 Å². The highest BCUT2D eigenvalue weighted by molar-refractivity contribution is 6.33. The molecule has 2 aromatic carbocycles. The molecular formula is C25H30ClFN4. The first-order chi connectivity index (χ1) is 15.2. The van der Waals surface area contributed by atoms with Crippen molar-refractivity contribution in [2.75, 3.05) is 17.7 Å². The van der Waals surface area contributed by atoms with Crippen molar-refractivity contribution >= 4 is 23.1 Å². The molecule has 1 aliphatic rings. The fourth-order valence-corrected chi connectivity index (χ4v) is 4.06. The summed E-state index contributed by atoms with van der Waals surface area (Å²) in [5.74, 6) is 0.647. The summed E-state index contributed by atoms with van der Waals surface area (Å²) in [6.07, 6.45) is 7.98. The van der Waals surface area contributed by atoms with Crippen molar-refractivity contribution in [1.29, 1.82) is 0 Å². The normalized spacial score (nSPS) is 13.8. The van der Waals surface area contributed by atoms with Crippen LogP contribution in [0.5, 0.6) is 0 Å². The SMILES string of the molecule is CN.Fc1cccc(CNc2cccc(-c3cc(NC4CCCCC4)ncc3Cl)c2)c1. The zero-order valence-corrected chi connectivity index (χ0v) is 18.6. The van der Waals surface area contributed by atoms with Crippen molar-refractivity contribution in [3.8, 4) is 11.1 Å². The van der Waals surface area contributed by atoms with Crippen molar-refractivity contribution in [2.24, 2.45) is 5.73 Å². The average molecular weight is 441 g/mol. The molecule has 0 bridgehead atoms. The Balaban J connectivity index is 0.00000132. The van der Waals surface area contributed by atoms with Gasteiger partial charge in [0, 0.05) is 30.0 Å².